The van der Waals surface area contributed by atoms with Crippen molar-refractivity contribution < 1.29 is 4.92 Å². The molecule has 2 rings (SSSR count). The quantitative estimate of drug-likeness (QED) is 0.482. The second kappa shape index (κ2) is 6.22. The van der Waals surface area contributed by atoms with Gasteiger partial charge in [-0.3, -0.25) is 10.1 Å². The second-order valence-electron chi connectivity index (χ2n) is 6.07. The number of nitrogens with zero attached hydrogens (tertiary/aromatic N) is 1. The summed E-state index contributed by atoms with van der Waals surface area (Å²) in [5, 5.41) is 12.4. The molecule has 1 atom stereocenters. The van der Waals surface area contributed by atoms with Crippen LogP contribution < -0.4 is 5.19 Å². The molecule has 0 saturated heterocycles. The summed E-state index contributed by atoms with van der Waals surface area (Å²) < 4.78 is 0. The minimum atomic E-state index is -1.97. The summed E-state index contributed by atoms with van der Waals surface area (Å²) in [6.07, 6.45) is 0. The van der Waals surface area contributed by atoms with Crippen molar-refractivity contribution in [1.29, 1.82) is 0 Å². The fraction of sp³-hybridized carbons (Fsp3) is 0.294. The van der Waals surface area contributed by atoms with Crippen LogP contribution in [0.1, 0.15) is 16.7 Å². The third-order valence-corrected chi connectivity index (χ3v) is 8.28. The van der Waals surface area contributed by atoms with Crippen molar-refractivity contribution in [2.75, 3.05) is 6.54 Å². The maximum Gasteiger partial charge on any atom is 0.208 e. The lowest BCUT2D eigenvalue weighted by Crippen LogP contribution is -2.50. The molecular formula is C17H21NO2Si. The third kappa shape index (κ3) is 3.58. The minimum Gasteiger partial charge on any atom is -0.265 e. The molecule has 2 aromatic rings. The van der Waals surface area contributed by atoms with Gasteiger partial charge in [0.1, 0.15) is 0 Å². The van der Waals surface area contributed by atoms with E-state index in [1.54, 1.807) is 0 Å². The van der Waals surface area contributed by atoms with E-state index >= 15 is 0 Å². The molecule has 0 amide bonds. The molecule has 0 aliphatic carbocycles. The monoisotopic (exact) mass is 299 g/mol. The summed E-state index contributed by atoms with van der Waals surface area (Å²) in [6, 6.07) is 18.4. The number of hydrogen-bond acceptors (Lipinski definition) is 2. The van der Waals surface area contributed by atoms with Gasteiger partial charge >= 0.3 is 0 Å². The molecule has 0 saturated carbocycles. The SMILES string of the molecule is Cc1ccc(C(C[N+](=O)[O-])[Si](C)(C)c2ccccc2)cc1. The molecule has 0 heterocycles. The van der Waals surface area contributed by atoms with E-state index in [0.29, 0.717) is 0 Å². The Morgan fingerprint density at radius 1 is 1.05 bits per heavy atom. The number of hydrogen-bond donors (Lipinski definition) is 0. The second-order valence-corrected chi connectivity index (χ2v) is 10.8. The van der Waals surface area contributed by atoms with Gasteiger partial charge in [0.25, 0.3) is 0 Å². The van der Waals surface area contributed by atoms with E-state index in [9.17, 15) is 10.1 Å². The van der Waals surface area contributed by atoms with Gasteiger partial charge in [-0.2, -0.15) is 0 Å². The summed E-state index contributed by atoms with van der Waals surface area (Å²) >= 11 is 0. The molecule has 2 aromatic carbocycles. The zero-order valence-corrected chi connectivity index (χ0v) is 13.7. The van der Waals surface area contributed by atoms with Crippen LogP contribution in [0.3, 0.4) is 0 Å². The Morgan fingerprint density at radius 2 is 1.62 bits per heavy atom. The molecule has 0 N–H and O–H groups in total. The first-order valence-electron chi connectivity index (χ1n) is 7.15. The van der Waals surface area contributed by atoms with Crippen molar-refractivity contribution in [3.05, 3.63) is 75.8 Å². The van der Waals surface area contributed by atoms with Gasteiger partial charge in [-0.05, 0) is 12.5 Å². The van der Waals surface area contributed by atoms with Crippen LogP contribution in [0.25, 0.3) is 0 Å². The Labute approximate surface area is 126 Å². The van der Waals surface area contributed by atoms with E-state index in [1.165, 1.54) is 10.8 Å². The van der Waals surface area contributed by atoms with Crippen LogP contribution in [0.2, 0.25) is 13.1 Å². The van der Waals surface area contributed by atoms with Crippen molar-refractivity contribution in [3.8, 4) is 0 Å². The number of rotatable bonds is 5. The van der Waals surface area contributed by atoms with Gasteiger partial charge in [0.05, 0.1) is 8.07 Å². The Hall–Kier alpha value is -1.94. The Kier molecular flexibility index (Phi) is 4.58. The first-order chi connectivity index (χ1) is 9.91. The van der Waals surface area contributed by atoms with E-state index in [4.69, 9.17) is 0 Å². The van der Waals surface area contributed by atoms with E-state index in [2.05, 4.69) is 25.2 Å². The van der Waals surface area contributed by atoms with Crippen LogP contribution in [-0.4, -0.2) is 19.5 Å². The van der Waals surface area contributed by atoms with Crippen molar-refractivity contribution >= 4 is 13.3 Å². The zero-order chi connectivity index (χ0) is 15.5. The predicted octanol–water partition coefficient (Wildman–Crippen LogP) is 3.51. The van der Waals surface area contributed by atoms with Gasteiger partial charge in [-0.25, -0.2) is 0 Å². The summed E-state index contributed by atoms with van der Waals surface area (Å²) in [6.45, 7) is 6.47. The Balaban J connectivity index is 2.44. The molecule has 0 spiro atoms. The summed E-state index contributed by atoms with van der Waals surface area (Å²) in [7, 11) is -1.97. The summed E-state index contributed by atoms with van der Waals surface area (Å²) in [5.74, 6) is 0. The third-order valence-electron chi connectivity index (χ3n) is 4.20. The smallest absolute Gasteiger partial charge is 0.208 e. The average Bonchev–Trinajstić information content (AvgIpc) is 2.46. The predicted molar refractivity (Wildman–Crippen MR) is 89.3 cm³/mol. The minimum absolute atomic E-state index is 0.00280. The van der Waals surface area contributed by atoms with Crippen LogP contribution in [0, 0.1) is 17.0 Å². The van der Waals surface area contributed by atoms with Gasteiger partial charge in [-0.15, -0.1) is 0 Å². The van der Waals surface area contributed by atoms with Gasteiger partial charge in [0.2, 0.25) is 6.54 Å². The lowest BCUT2D eigenvalue weighted by atomic mass is 10.1. The zero-order valence-electron chi connectivity index (χ0n) is 12.7. The van der Waals surface area contributed by atoms with Crippen molar-refractivity contribution in [3.63, 3.8) is 0 Å². The number of benzene rings is 2. The maximum atomic E-state index is 11.2. The highest BCUT2D eigenvalue weighted by molar-refractivity contribution is 6.90. The molecule has 110 valence electrons. The standard InChI is InChI=1S/C17H21NO2Si/c1-14-9-11-15(12-10-14)17(13-18(19)20)21(2,3)16-7-5-4-6-8-16/h4-12,17H,13H2,1-3H3. The van der Waals surface area contributed by atoms with Crippen LogP contribution >= 0.6 is 0 Å². The number of nitro groups is 1. The molecule has 0 bridgehead atoms. The highest BCUT2D eigenvalue weighted by atomic mass is 28.3. The topological polar surface area (TPSA) is 43.1 Å². The van der Waals surface area contributed by atoms with Gasteiger partial charge in [0, 0.05) is 10.5 Å². The maximum absolute atomic E-state index is 11.2. The molecule has 4 heteroatoms. The molecule has 0 aliphatic rings. The Morgan fingerprint density at radius 3 is 2.14 bits per heavy atom. The molecular weight excluding hydrogens is 278 g/mol. The van der Waals surface area contributed by atoms with Crippen molar-refractivity contribution in [2.24, 2.45) is 0 Å². The largest absolute Gasteiger partial charge is 0.265 e. The Bertz CT molecular complexity index is 608. The summed E-state index contributed by atoms with van der Waals surface area (Å²) in [4.78, 5) is 11.0. The van der Waals surface area contributed by atoms with Crippen LogP contribution in [-0.2, 0) is 0 Å². The van der Waals surface area contributed by atoms with E-state index in [-0.39, 0.29) is 17.0 Å². The molecule has 3 nitrogen and oxygen atoms in total. The molecule has 0 aliphatic heterocycles. The number of aryl methyl sites for hydroxylation is 1. The van der Waals surface area contributed by atoms with Crippen LogP contribution in [0.5, 0.6) is 0 Å². The first kappa shape index (κ1) is 15.4. The molecule has 0 fully saturated rings. The van der Waals surface area contributed by atoms with Crippen molar-refractivity contribution in [2.45, 2.75) is 25.6 Å². The van der Waals surface area contributed by atoms with Crippen molar-refractivity contribution in [1.82, 2.24) is 0 Å². The van der Waals surface area contributed by atoms with E-state index in [0.717, 1.165) is 5.56 Å². The molecule has 0 aromatic heterocycles. The molecule has 21 heavy (non-hydrogen) atoms. The van der Waals surface area contributed by atoms with Crippen LogP contribution in [0.4, 0.5) is 0 Å². The highest BCUT2D eigenvalue weighted by Gasteiger charge is 2.38. The normalized spacial score (nSPS) is 12.9. The van der Waals surface area contributed by atoms with E-state index in [1.807, 2.05) is 49.4 Å². The fourth-order valence-corrected chi connectivity index (χ4v) is 5.85. The lowest BCUT2D eigenvalue weighted by molar-refractivity contribution is -0.480. The van der Waals surface area contributed by atoms with Gasteiger partial charge in [-0.1, -0.05) is 78.4 Å². The molecule has 0 radical (unpaired) electrons. The lowest BCUT2D eigenvalue weighted by Gasteiger charge is -2.31. The average molecular weight is 299 g/mol. The van der Waals surface area contributed by atoms with Gasteiger partial charge in [0.15, 0.2) is 0 Å². The van der Waals surface area contributed by atoms with Crippen LogP contribution in [0.15, 0.2) is 54.6 Å². The fourth-order valence-electron chi connectivity index (χ4n) is 2.77. The van der Waals surface area contributed by atoms with Gasteiger partial charge < -0.3 is 0 Å². The van der Waals surface area contributed by atoms with E-state index < -0.39 is 8.07 Å². The summed E-state index contributed by atoms with van der Waals surface area (Å²) in [5.41, 5.74) is 2.24. The first-order valence-corrected chi connectivity index (χ1v) is 10.2. The highest BCUT2D eigenvalue weighted by Crippen LogP contribution is 2.27. The molecule has 1 unspecified atom stereocenters.